The number of halogens is 1. The molecule has 0 aliphatic carbocycles. The highest BCUT2D eigenvalue weighted by Gasteiger charge is 2.20. The van der Waals surface area contributed by atoms with Crippen LogP contribution < -0.4 is 10.1 Å². The summed E-state index contributed by atoms with van der Waals surface area (Å²) >= 11 is 1.65. The first-order chi connectivity index (χ1) is 9.67. The second kappa shape index (κ2) is 6.86. The standard InChI is InChI=1S/C16H20FNOS/c1-4-7-18-16(14-10-20-9-11(14)2)13-6-5-12(19-3)8-15(13)17/h5-6,8-10,16,18H,4,7H2,1-3H3. The highest BCUT2D eigenvalue weighted by molar-refractivity contribution is 7.08. The molecule has 0 saturated carbocycles. The molecule has 2 aromatic rings. The van der Waals surface area contributed by atoms with Crippen molar-refractivity contribution in [2.24, 2.45) is 0 Å². The number of benzene rings is 1. The summed E-state index contributed by atoms with van der Waals surface area (Å²) in [6.07, 6.45) is 1.01. The highest BCUT2D eigenvalue weighted by Crippen LogP contribution is 2.30. The molecule has 1 unspecified atom stereocenters. The lowest BCUT2D eigenvalue weighted by atomic mass is 9.97. The minimum absolute atomic E-state index is 0.105. The fraction of sp³-hybridized carbons (Fsp3) is 0.375. The van der Waals surface area contributed by atoms with E-state index in [4.69, 9.17) is 4.74 Å². The maximum atomic E-state index is 14.3. The van der Waals surface area contributed by atoms with Gasteiger partial charge in [0.25, 0.3) is 0 Å². The lowest BCUT2D eigenvalue weighted by Gasteiger charge is -2.20. The van der Waals surface area contributed by atoms with Gasteiger partial charge in [-0.25, -0.2) is 4.39 Å². The first-order valence-corrected chi connectivity index (χ1v) is 7.71. The Morgan fingerprint density at radius 2 is 2.10 bits per heavy atom. The van der Waals surface area contributed by atoms with Gasteiger partial charge in [-0.3, -0.25) is 0 Å². The van der Waals surface area contributed by atoms with Gasteiger partial charge in [-0.2, -0.15) is 11.3 Å². The number of methoxy groups -OCH3 is 1. The van der Waals surface area contributed by atoms with Gasteiger partial charge < -0.3 is 10.1 Å². The van der Waals surface area contributed by atoms with Crippen molar-refractivity contribution in [1.82, 2.24) is 5.32 Å². The molecular formula is C16H20FNOS. The molecule has 1 heterocycles. The van der Waals surface area contributed by atoms with Crippen LogP contribution in [0, 0.1) is 12.7 Å². The van der Waals surface area contributed by atoms with Gasteiger partial charge in [-0.1, -0.05) is 13.0 Å². The molecule has 0 amide bonds. The van der Waals surface area contributed by atoms with E-state index in [1.807, 2.05) is 0 Å². The fourth-order valence-corrected chi connectivity index (χ4v) is 3.09. The molecule has 0 aliphatic heterocycles. The minimum Gasteiger partial charge on any atom is -0.497 e. The summed E-state index contributed by atoms with van der Waals surface area (Å²) in [4.78, 5) is 0. The van der Waals surface area contributed by atoms with Crippen molar-refractivity contribution in [1.29, 1.82) is 0 Å². The quantitative estimate of drug-likeness (QED) is 0.857. The monoisotopic (exact) mass is 293 g/mol. The molecule has 0 saturated heterocycles. The first-order valence-electron chi connectivity index (χ1n) is 6.76. The Morgan fingerprint density at radius 3 is 2.65 bits per heavy atom. The van der Waals surface area contributed by atoms with E-state index in [1.165, 1.54) is 11.6 Å². The summed E-state index contributed by atoms with van der Waals surface area (Å²) in [6.45, 7) is 5.02. The molecule has 1 aromatic heterocycles. The topological polar surface area (TPSA) is 21.3 Å². The number of aryl methyl sites for hydroxylation is 1. The van der Waals surface area contributed by atoms with Crippen LogP contribution in [0.15, 0.2) is 29.0 Å². The third-order valence-corrected chi connectivity index (χ3v) is 4.20. The number of thiophene rings is 1. The summed E-state index contributed by atoms with van der Waals surface area (Å²) in [7, 11) is 1.55. The fourth-order valence-electron chi connectivity index (χ4n) is 2.21. The van der Waals surface area contributed by atoms with E-state index < -0.39 is 0 Å². The van der Waals surface area contributed by atoms with Crippen LogP contribution in [0.4, 0.5) is 4.39 Å². The molecular weight excluding hydrogens is 273 g/mol. The molecule has 1 N–H and O–H groups in total. The third-order valence-electron chi connectivity index (χ3n) is 3.32. The molecule has 0 bridgehead atoms. The van der Waals surface area contributed by atoms with Crippen molar-refractivity contribution in [3.8, 4) is 5.75 Å². The van der Waals surface area contributed by atoms with E-state index in [2.05, 4.69) is 29.9 Å². The van der Waals surface area contributed by atoms with Gasteiger partial charge in [-0.15, -0.1) is 0 Å². The Hall–Kier alpha value is -1.39. The van der Waals surface area contributed by atoms with Crippen LogP contribution in [-0.4, -0.2) is 13.7 Å². The lowest BCUT2D eigenvalue weighted by Crippen LogP contribution is -2.24. The van der Waals surface area contributed by atoms with Gasteiger partial charge in [0.2, 0.25) is 0 Å². The molecule has 20 heavy (non-hydrogen) atoms. The molecule has 2 nitrogen and oxygen atoms in total. The molecule has 1 atom stereocenters. The number of nitrogens with one attached hydrogen (secondary N) is 1. The maximum Gasteiger partial charge on any atom is 0.132 e. The Balaban J connectivity index is 2.38. The van der Waals surface area contributed by atoms with Crippen molar-refractivity contribution in [3.63, 3.8) is 0 Å². The zero-order valence-corrected chi connectivity index (χ0v) is 12.9. The van der Waals surface area contributed by atoms with Crippen LogP contribution in [0.1, 0.15) is 36.1 Å². The minimum atomic E-state index is -0.233. The number of rotatable bonds is 6. The van der Waals surface area contributed by atoms with Crippen LogP contribution in [-0.2, 0) is 0 Å². The van der Waals surface area contributed by atoms with Crippen LogP contribution in [0.5, 0.6) is 5.75 Å². The van der Waals surface area contributed by atoms with Gasteiger partial charge in [0, 0.05) is 11.6 Å². The summed E-state index contributed by atoms with van der Waals surface area (Å²) in [5, 5.41) is 7.62. The van der Waals surface area contributed by atoms with Gasteiger partial charge in [0.1, 0.15) is 11.6 Å². The Kier molecular flexibility index (Phi) is 5.15. The Labute approximate surface area is 123 Å². The Morgan fingerprint density at radius 1 is 1.30 bits per heavy atom. The zero-order chi connectivity index (χ0) is 14.5. The summed E-state index contributed by atoms with van der Waals surface area (Å²) < 4.78 is 19.4. The van der Waals surface area contributed by atoms with E-state index in [0.29, 0.717) is 11.3 Å². The molecule has 0 aliphatic rings. The van der Waals surface area contributed by atoms with Crippen molar-refractivity contribution in [3.05, 3.63) is 51.5 Å². The van der Waals surface area contributed by atoms with Gasteiger partial charge in [0.15, 0.2) is 0 Å². The van der Waals surface area contributed by atoms with E-state index in [9.17, 15) is 4.39 Å². The number of ether oxygens (including phenoxy) is 1. The average molecular weight is 293 g/mol. The number of hydrogen-bond acceptors (Lipinski definition) is 3. The van der Waals surface area contributed by atoms with Crippen LogP contribution >= 0.6 is 11.3 Å². The molecule has 2 rings (SSSR count). The normalized spacial score (nSPS) is 12.4. The largest absolute Gasteiger partial charge is 0.497 e. The highest BCUT2D eigenvalue weighted by atomic mass is 32.1. The smallest absolute Gasteiger partial charge is 0.132 e. The second-order valence-corrected chi connectivity index (χ2v) is 5.53. The first kappa shape index (κ1) is 15.0. The maximum absolute atomic E-state index is 14.3. The second-order valence-electron chi connectivity index (χ2n) is 4.78. The predicted molar refractivity (Wildman–Crippen MR) is 82.1 cm³/mol. The van der Waals surface area contributed by atoms with Gasteiger partial charge >= 0.3 is 0 Å². The van der Waals surface area contributed by atoms with Crippen LogP contribution in [0.3, 0.4) is 0 Å². The summed E-state index contributed by atoms with van der Waals surface area (Å²) in [5.41, 5.74) is 3.01. The predicted octanol–water partition coefficient (Wildman–Crippen LogP) is 4.29. The van der Waals surface area contributed by atoms with E-state index in [-0.39, 0.29) is 11.9 Å². The molecule has 0 fully saturated rings. The molecule has 0 spiro atoms. The van der Waals surface area contributed by atoms with Crippen molar-refractivity contribution < 1.29 is 9.13 Å². The molecule has 108 valence electrons. The van der Waals surface area contributed by atoms with Crippen molar-refractivity contribution >= 4 is 11.3 Å². The van der Waals surface area contributed by atoms with Gasteiger partial charge in [0.05, 0.1) is 13.2 Å². The Bertz CT molecular complexity index is 567. The lowest BCUT2D eigenvalue weighted by molar-refractivity contribution is 0.410. The third kappa shape index (κ3) is 3.19. The zero-order valence-electron chi connectivity index (χ0n) is 12.1. The molecule has 0 radical (unpaired) electrons. The van der Waals surface area contributed by atoms with Crippen LogP contribution in [0.2, 0.25) is 0 Å². The van der Waals surface area contributed by atoms with E-state index in [1.54, 1.807) is 30.6 Å². The molecule has 1 aromatic carbocycles. The summed E-state index contributed by atoms with van der Waals surface area (Å²) in [6, 6.07) is 4.95. The SMILES string of the molecule is CCCNC(c1cscc1C)c1ccc(OC)cc1F. The van der Waals surface area contributed by atoms with Crippen molar-refractivity contribution in [2.45, 2.75) is 26.3 Å². The van der Waals surface area contributed by atoms with Gasteiger partial charge in [-0.05, 0) is 47.8 Å². The molecule has 4 heteroatoms. The van der Waals surface area contributed by atoms with Crippen molar-refractivity contribution in [2.75, 3.05) is 13.7 Å². The van der Waals surface area contributed by atoms with Crippen LogP contribution in [0.25, 0.3) is 0 Å². The average Bonchev–Trinajstić information content (AvgIpc) is 2.87. The van der Waals surface area contributed by atoms with E-state index in [0.717, 1.165) is 18.5 Å². The number of hydrogen-bond donors (Lipinski definition) is 1. The van der Waals surface area contributed by atoms with E-state index >= 15 is 0 Å². The summed E-state index contributed by atoms with van der Waals surface area (Å²) in [5.74, 6) is 0.311.